The number of hydrogen-bond donors (Lipinski definition) is 1. The SMILES string of the molecule is CCC1=NC(=O)NC(c2ccc(F)c(C#N)c2)C1c1nc(C2CCCCC2)cs1. The van der Waals surface area contributed by atoms with Gasteiger partial charge in [0.1, 0.15) is 16.9 Å². The van der Waals surface area contributed by atoms with Gasteiger partial charge in [-0.1, -0.05) is 32.3 Å². The Balaban J connectivity index is 1.73. The Morgan fingerprint density at radius 3 is 2.83 bits per heavy atom. The van der Waals surface area contributed by atoms with Crippen molar-refractivity contribution in [3.05, 3.63) is 51.2 Å². The van der Waals surface area contributed by atoms with E-state index in [4.69, 9.17) is 4.98 Å². The summed E-state index contributed by atoms with van der Waals surface area (Å²) in [5.41, 5.74) is 2.56. The maximum atomic E-state index is 13.8. The van der Waals surface area contributed by atoms with Crippen LogP contribution in [0.5, 0.6) is 0 Å². The Morgan fingerprint density at radius 2 is 2.10 bits per heavy atom. The van der Waals surface area contributed by atoms with Gasteiger partial charge in [-0.3, -0.25) is 0 Å². The number of urea groups is 1. The van der Waals surface area contributed by atoms with Crippen LogP contribution in [0.15, 0.2) is 28.6 Å². The maximum absolute atomic E-state index is 13.8. The van der Waals surface area contributed by atoms with E-state index in [0.717, 1.165) is 16.4 Å². The van der Waals surface area contributed by atoms with Gasteiger partial charge in [0.15, 0.2) is 0 Å². The van der Waals surface area contributed by atoms with Crippen LogP contribution < -0.4 is 5.32 Å². The minimum absolute atomic E-state index is 0.0295. The van der Waals surface area contributed by atoms with Crippen LogP contribution in [-0.4, -0.2) is 16.7 Å². The van der Waals surface area contributed by atoms with E-state index >= 15 is 0 Å². The van der Waals surface area contributed by atoms with Gasteiger partial charge in [-0.25, -0.2) is 19.2 Å². The first-order valence-electron chi connectivity index (χ1n) is 10.1. The number of thiazole rings is 1. The summed E-state index contributed by atoms with van der Waals surface area (Å²) in [7, 11) is 0. The Labute approximate surface area is 173 Å². The van der Waals surface area contributed by atoms with Crippen molar-refractivity contribution in [3.63, 3.8) is 0 Å². The number of aromatic nitrogens is 1. The molecular formula is C22H23FN4OS. The van der Waals surface area contributed by atoms with Crippen LogP contribution in [0.1, 0.15) is 85.2 Å². The van der Waals surface area contributed by atoms with Gasteiger partial charge in [-0.2, -0.15) is 5.26 Å². The summed E-state index contributed by atoms with van der Waals surface area (Å²) in [6, 6.07) is 5.48. The fourth-order valence-electron chi connectivity index (χ4n) is 4.35. The molecule has 2 aromatic rings. The largest absolute Gasteiger partial charge is 0.341 e. The minimum atomic E-state index is -0.562. The number of carbonyl (C=O) groups excluding carboxylic acids is 1. The molecule has 7 heteroatoms. The molecule has 1 aromatic carbocycles. The molecule has 150 valence electrons. The fourth-order valence-corrected chi connectivity index (χ4v) is 5.42. The van der Waals surface area contributed by atoms with E-state index < -0.39 is 17.9 Å². The van der Waals surface area contributed by atoms with Crippen molar-refractivity contribution in [1.29, 1.82) is 5.26 Å². The van der Waals surface area contributed by atoms with E-state index in [9.17, 15) is 14.4 Å². The van der Waals surface area contributed by atoms with Crippen molar-refractivity contribution in [2.75, 3.05) is 0 Å². The Morgan fingerprint density at radius 1 is 1.31 bits per heavy atom. The summed E-state index contributed by atoms with van der Waals surface area (Å²) >= 11 is 1.60. The van der Waals surface area contributed by atoms with Crippen molar-refractivity contribution in [2.24, 2.45) is 4.99 Å². The Hall–Kier alpha value is -2.59. The summed E-state index contributed by atoms with van der Waals surface area (Å²) in [5.74, 6) is -0.270. The number of benzene rings is 1. The molecule has 2 heterocycles. The smallest absolute Gasteiger partial charge is 0.328 e. The molecule has 0 saturated heterocycles. The van der Waals surface area contributed by atoms with E-state index in [1.165, 1.54) is 44.2 Å². The quantitative estimate of drug-likeness (QED) is 0.712. The summed E-state index contributed by atoms with van der Waals surface area (Å²) in [5, 5.41) is 15.2. The molecule has 29 heavy (non-hydrogen) atoms. The monoisotopic (exact) mass is 410 g/mol. The molecule has 1 N–H and O–H groups in total. The third kappa shape index (κ3) is 3.95. The highest BCUT2D eigenvalue weighted by Crippen LogP contribution is 2.40. The number of aliphatic imine (C=N–C) groups is 1. The van der Waals surface area contributed by atoms with Gasteiger partial charge in [0.05, 0.1) is 23.2 Å². The highest BCUT2D eigenvalue weighted by Gasteiger charge is 2.36. The lowest BCUT2D eigenvalue weighted by Gasteiger charge is -2.31. The number of nitrogens with zero attached hydrogens (tertiary/aromatic N) is 3. The molecule has 2 unspecified atom stereocenters. The first-order chi connectivity index (χ1) is 14.1. The average Bonchev–Trinajstić information content (AvgIpc) is 3.24. The summed E-state index contributed by atoms with van der Waals surface area (Å²) < 4.78 is 13.8. The summed E-state index contributed by atoms with van der Waals surface area (Å²) in [6.45, 7) is 1.97. The van der Waals surface area contributed by atoms with E-state index in [1.807, 2.05) is 13.0 Å². The predicted octanol–water partition coefficient (Wildman–Crippen LogP) is 5.60. The van der Waals surface area contributed by atoms with Crippen molar-refractivity contribution < 1.29 is 9.18 Å². The molecule has 1 fully saturated rings. The number of rotatable bonds is 4. The molecule has 0 spiro atoms. The lowest BCUT2D eigenvalue weighted by atomic mass is 9.85. The molecule has 1 aliphatic carbocycles. The van der Waals surface area contributed by atoms with Gasteiger partial charge in [0, 0.05) is 17.0 Å². The molecule has 2 aliphatic rings. The molecule has 1 aliphatic heterocycles. The van der Waals surface area contributed by atoms with Crippen molar-refractivity contribution >= 4 is 23.1 Å². The molecule has 4 rings (SSSR count). The number of carbonyl (C=O) groups is 1. The highest BCUT2D eigenvalue weighted by molar-refractivity contribution is 7.09. The second-order valence-electron chi connectivity index (χ2n) is 7.66. The standard InChI is InChI=1S/C22H23FN4OS/c1-2-17-19(21-25-18(12-29-21)13-6-4-3-5-7-13)20(27-22(28)26-17)14-8-9-16(23)15(10-14)11-24/h8-10,12-13,19-20H,2-7H2,1H3,(H,27,28). The average molecular weight is 411 g/mol. The zero-order valence-corrected chi connectivity index (χ0v) is 17.1. The van der Waals surface area contributed by atoms with E-state index in [2.05, 4.69) is 15.7 Å². The van der Waals surface area contributed by atoms with Crippen LogP contribution in [-0.2, 0) is 0 Å². The zero-order valence-electron chi connectivity index (χ0n) is 16.3. The topological polar surface area (TPSA) is 78.1 Å². The van der Waals surface area contributed by atoms with Crippen molar-refractivity contribution in [1.82, 2.24) is 10.3 Å². The van der Waals surface area contributed by atoms with E-state index in [1.54, 1.807) is 17.4 Å². The third-order valence-corrected chi connectivity index (χ3v) is 6.82. The summed E-state index contributed by atoms with van der Waals surface area (Å²) in [4.78, 5) is 21.4. The molecule has 0 bridgehead atoms. The Kier molecular flexibility index (Phi) is 5.72. The molecule has 2 atom stereocenters. The zero-order chi connectivity index (χ0) is 20.4. The fraction of sp³-hybridized carbons (Fsp3) is 0.455. The van der Waals surface area contributed by atoms with Gasteiger partial charge >= 0.3 is 6.03 Å². The number of halogens is 1. The molecule has 0 radical (unpaired) electrons. The van der Waals surface area contributed by atoms with Crippen molar-refractivity contribution in [2.45, 2.75) is 63.3 Å². The predicted molar refractivity (Wildman–Crippen MR) is 111 cm³/mol. The second-order valence-corrected chi connectivity index (χ2v) is 8.55. The molecule has 1 saturated carbocycles. The van der Waals surface area contributed by atoms with Gasteiger partial charge < -0.3 is 5.32 Å². The van der Waals surface area contributed by atoms with Gasteiger partial charge in [0.25, 0.3) is 0 Å². The number of nitriles is 1. The molecule has 2 amide bonds. The number of nitrogens with one attached hydrogen (secondary N) is 1. The summed E-state index contributed by atoms with van der Waals surface area (Å²) in [6.07, 6.45) is 6.75. The normalized spacial score (nSPS) is 22.7. The van der Waals surface area contributed by atoms with Crippen molar-refractivity contribution in [3.8, 4) is 6.07 Å². The van der Waals surface area contributed by atoms with Crippen LogP contribution >= 0.6 is 11.3 Å². The van der Waals surface area contributed by atoms with Crippen LogP contribution in [0.3, 0.4) is 0 Å². The second kappa shape index (κ2) is 8.42. The first-order valence-corrected chi connectivity index (χ1v) is 11.0. The molecule has 5 nitrogen and oxygen atoms in total. The van der Waals surface area contributed by atoms with Crippen LogP contribution in [0.4, 0.5) is 9.18 Å². The number of amides is 2. The molecule has 1 aromatic heterocycles. The van der Waals surface area contributed by atoms with Gasteiger partial charge in [-0.15, -0.1) is 11.3 Å². The van der Waals surface area contributed by atoms with Gasteiger partial charge in [0.2, 0.25) is 0 Å². The lowest BCUT2D eigenvalue weighted by molar-refractivity contribution is 0.242. The maximum Gasteiger partial charge on any atom is 0.341 e. The van der Waals surface area contributed by atoms with E-state index in [0.29, 0.717) is 17.9 Å². The van der Waals surface area contributed by atoms with Crippen LogP contribution in [0.25, 0.3) is 0 Å². The van der Waals surface area contributed by atoms with Gasteiger partial charge in [-0.05, 0) is 37.0 Å². The van der Waals surface area contributed by atoms with Crippen LogP contribution in [0, 0.1) is 17.1 Å². The molecular weight excluding hydrogens is 387 g/mol. The van der Waals surface area contributed by atoms with Crippen LogP contribution in [0.2, 0.25) is 0 Å². The Bertz CT molecular complexity index is 987. The highest BCUT2D eigenvalue weighted by atomic mass is 32.1. The van der Waals surface area contributed by atoms with E-state index in [-0.39, 0.29) is 11.5 Å². The first kappa shape index (κ1) is 19.7. The lowest BCUT2D eigenvalue weighted by Crippen LogP contribution is -2.39. The minimum Gasteiger partial charge on any atom is -0.328 e. The third-order valence-electron chi connectivity index (χ3n) is 5.88. The number of hydrogen-bond acceptors (Lipinski definition) is 4.